The molecule has 0 bridgehead atoms. The third kappa shape index (κ3) is 7.31. The van der Waals surface area contributed by atoms with Crippen LogP contribution in [0.2, 0.25) is 0 Å². The number of cyclic esters (lactones) is 1. The van der Waals surface area contributed by atoms with Crippen LogP contribution in [0.4, 0.5) is 0 Å². The van der Waals surface area contributed by atoms with Gasteiger partial charge in [-0.25, -0.2) is 0 Å². The van der Waals surface area contributed by atoms with E-state index in [9.17, 15) is 19.8 Å². The number of carbonyl (C=O) groups excluding carboxylic acids is 2. The van der Waals surface area contributed by atoms with E-state index in [1.165, 1.54) is 0 Å². The van der Waals surface area contributed by atoms with Gasteiger partial charge in [-0.15, -0.1) is 12.3 Å². The molecule has 3 rings (SSSR count). The average molecular weight is 526 g/mol. The lowest BCUT2D eigenvalue weighted by Crippen LogP contribution is -2.46. The van der Waals surface area contributed by atoms with E-state index in [2.05, 4.69) is 17.8 Å². The van der Waals surface area contributed by atoms with Crippen molar-refractivity contribution in [1.29, 1.82) is 0 Å². The Kier molecular flexibility index (Phi) is 9.91. The quantitative estimate of drug-likeness (QED) is 0.338. The highest BCUT2D eigenvalue weighted by atomic mass is 16.6. The first-order valence-electron chi connectivity index (χ1n) is 13.7. The first-order valence-corrected chi connectivity index (χ1v) is 13.7. The fourth-order valence-corrected chi connectivity index (χ4v) is 5.42. The van der Waals surface area contributed by atoms with Crippen LogP contribution >= 0.6 is 0 Å². The number of rotatable bonds is 4. The third-order valence-electron chi connectivity index (χ3n) is 8.40. The molecule has 208 valence electrons. The lowest BCUT2D eigenvalue weighted by molar-refractivity contribution is -0.154. The molecule has 0 amide bonds. The Morgan fingerprint density at radius 3 is 2.66 bits per heavy atom. The van der Waals surface area contributed by atoms with Crippen molar-refractivity contribution in [2.45, 2.75) is 110 Å². The number of nitrogens with zero attached hydrogens (tertiary/aromatic N) is 1. The van der Waals surface area contributed by atoms with Gasteiger partial charge in [0.05, 0.1) is 41.4 Å². The number of aliphatic hydroxyl groups is 2. The number of pyridine rings is 1. The van der Waals surface area contributed by atoms with Crippen molar-refractivity contribution in [3.63, 3.8) is 0 Å². The number of carbonyl (C=O) groups is 2. The Labute approximate surface area is 227 Å². The van der Waals surface area contributed by atoms with Gasteiger partial charge in [0.1, 0.15) is 11.9 Å². The fourth-order valence-electron chi connectivity index (χ4n) is 5.42. The van der Waals surface area contributed by atoms with Gasteiger partial charge in [0.25, 0.3) is 0 Å². The van der Waals surface area contributed by atoms with Crippen LogP contribution in [-0.2, 0) is 19.1 Å². The van der Waals surface area contributed by atoms with E-state index < -0.39 is 35.6 Å². The van der Waals surface area contributed by atoms with Crippen molar-refractivity contribution < 1.29 is 29.3 Å². The maximum absolute atomic E-state index is 13.6. The van der Waals surface area contributed by atoms with E-state index in [1.54, 1.807) is 20.0 Å². The minimum atomic E-state index is -1.28. The van der Waals surface area contributed by atoms with Gasteiger partial charge >= 0.3 is 5.97 Å². The summed E-state index contributed by atoms with van der Waals surface area (Å²) in [5, 5.41) is 22.2. The van der Waals surface area contributed by atoms with Crippen LogP contribution in [0.3, 0.4) is 0 Å². The second kappa shape index (κ2) is 12.5. The zero-order valence-electron chi connectivity index (χ0n) is 23.4. The SMILES string of the molecule is C#CCC[C@H]1C(=O)C(C)(C)[C@H](O)CC(=O)O[C@H](/C(C)=C/c2ccccn2)C[C@H]2O[C@@]2(C)CCC[C@H](C)[C@@H]1O. The van der Waals surface area contributed by atoms with Gasteiger partial charge in [0, 0.05) is 25.0 Å². The van der Waals surface area contributed by atoms with Crippen molar-refractivity contribution in [3.8, 4) is 12.3 Å². The van der Waals surface area contributed by atoms with Crippen LogP contribution in [-0.4, -0.2) is 57.0 Å². The fraction of sp³-hybridized carbons (Fsp3) is 0.645. The van der Waals surface area contributed by atoms with Crippen molar-refractivity contribution in [2.75, 3.05) is 0 Å². The Morgan fingerprint density at radius 2 is 2.00 bits per heavy atom. The molecule has 2 saturated heterocycles. The highest BCUT2D eigenvalue weighted by Crippen LogP contribution is 2.45. The second-order valence-corrected chi connectivity index (χ2v) is 11.8. The lowest BCUT2D eigenvalue weighted by atomic mass is 9.71. The smallest absolute Gasteiger partial charge is 0.309 e. The van der Waals surface area contributed by atoms with Crippen LogP contribution in [0.15, 0.2) is 30.0 Å². The maximum atomic E-state index is 13.6. The van der Waals surface area contributed by atoms with Crippen molar-refractivity contribution in [2.24, 2.45) is 17.3 Å². The molecule has 0 aromatic carbocycles. The normalized spacial score (nSPS) is 35.1. The number of aliphatic hydroxyl groups excluding tert-OH is 2. The molecule has 2 N–H and O–H groups in total. The summed E-state index contributed by atoms with van der Waals surface area (Å²) >= 11 is 0. The van der Waals surface area contributed by atoms with E-state index in [0.717, 1.165) is 30.5 Å². The molecule has 7 atom stereocenters. The minimum absolute atomic E-state index is 0.0770. The molecule has 0 unspecified atom stereocenters. The highest BCUT2D eigenvalue weighted by molar-refractivity contribution is 5.88. The number of hydrogen-bond donors (Lipinski definition) is 2. The summed E-state index contributed by atoms with van der Waals surface area (Å²) in [6.07, 6.45) is 9.40. The summed E-state index contributed by atoms with van der Waals surface area (Å²) in [5.74, 6) is 0.806. The van der Waals surface area contributed by atoms with Gasteiger partial charge in [-0.2, -0.15) is 0 Å². The Bertz CT molecular complexity index is 1040. The highest BCUT2D eigenvalue weighted by Gasteiger charge is 2.53. The number of fused-ring (bicyclic) bond motifs is 1. The molecule has 2 aliphatic heterocycles. The summed E-state index contributed by atoms with van der Waals surface area (Å²) in [5.41, 5.74) is -0.0302. The van der Waals surface area contributed by atoms with E-state index in [4.69, 9.17) is 15.9 Å². The number of Topliss-reactive ketones (excluding diaryl/α,β-unsaturated/α-hetero) is 1. The lowest BCUT2D eigenvalue weighted by Gasteiger charge is -2.36. The zero-order chi connectivity index (χ0) is 28.1. The van der Waals surface area contributed by atoms with Gasteiger partial charge in [-0.3, -0.25) is 14.6 Å². The van der Waals surface area contributed by atoms with Crippen molar-refractivity contribution in [3.05, 3.63) is 35.7 Å². The Balaban J connectivity index is 1.89. The average Bonchev–Trinajstić information content (AvgIpc) is 3.51. The summed E-state index contributed by atoms with van der Waals surface area (Å²) < 4.78 is 12.0. The summed E-state index contributed by atoms with van der Waals surface area (Å²) in [6.45, 7) is 9.13. The molecule has 38 heavy (non-hydrogen) atoms. The van der Waals surface area contributed by atoms with E-state index >= 15 is 0 Å². The van der Waals surface area contributed by atoms with Gasteiger partial charge in [0.2, 0.25) is 0 Å². The molecule has 0 aliphatic carbocycles. The minimum Gasteiger partial charge on any atom is -0.458 e. The number of terminal acetylenes is 1. The van der Waals surface area contributed by atoms with E-state index in [0.29, 0.717) is 19.3 Å². The number of aromatic nitrogens is 1. The van der Waals surface area contributed by atoms with Gasteiger partial charge in [-0.1, -0.05) is 33.3 Å². The number of hydrogen-bond acceptors (Lipinski definition) is 7. The number of ketones is 1. The molecule has 0 radical (unpaired) electrons. The van der Waals surface area contributed by atoms with E-state index in [-0.39, 0.29) is 29.8 Å². The van der Waals surface area contributed by atoms with Crippen LogP contribution in [0.5, 0.6) is 0 Å². The number of ether oxygens (including phenoxy) is 2. The summed E-state index contributed by atoms with van der Waals surface area (Å²) in [4.78, 5) is 31.1. The number of epoxide rings is 1. The molecule has 0 saturated carbocycles. The molecule has 7 heteroatoms. The van der Waals surface area contributed by atoms with Crippen LogP contribution in [0.25, 0.3) is 6.08 Å². The Morgan fingerprint density at radius 1 is 1.26 bits per heavy atom. The second-order valence-electron chi connectivity index (χ2n) is 11.8. The molecular formula is C31H43NO6. The summed E-state index contributed by atoms with van der Waals surface area (Å²) in [7, 11) is 0. The first-order chi connectivity index (χ1) is 17.9. The number of esters is 1. The topological polar surface area (TPSA) is 109 Å². The molecule has 1 aromatic rings. The third-order valence-corrected chi connectivity index (χ3v) is 8.40. The van der Waals surface area contributed by atoms with Crippen molar-refractivity contribution >= 4 is 17.8 Å². The van der Waals surface area contributed by atoms with Crippen LogP contribution in [0.1, 0.15) is 85.3 Å². The Hall–Kier alpha value is -2.53. The van der Waals surface area contributed by atoms with Gasteiger partial charge < -0.3 is 19.7 Å². The van der Waals surface area contributed by atoms with Gasteiger partial charge in [-0.05, 0) is 62.8 Å². The zero-order valence-corrected chi connectivity index (χ0v) is 23.4. The largest absolute Gasteiger partial charge is 0.458 e. The predicted octanol–water partition coefficient (Wildman–Crippen LogP) is 4.50. The van der Waals surface area contributed by atoms with Crippen LogP contribution < -0.4 is 0 Å². The summed E-state index contributed by atoms with van der Waals surface area (Å²) in [6, 6.07) is 5.61. The molecule has 1 aromatic heterocycles. The van der Waals surface area contributed by atoms with Gasteiger partial charge in [0.15, 0.2) is 0 Å². The van der Waals surface area contributed by atoms with Crippen molar-refractivity contribution in [1.82, 2.24) is 4.98 Å². The van der Waals surface area contributed by atoms with E-state index in [1.807, 2.05) is 38.1 Å². The molecular weight excluding hydrogens is 482 g/mol. The molecule has 2 aliphatic rings. The first kappa shape index (κ1) is 30.0. The molecule has 0 spiro atoms. The van der Waals surface area contributed by atoms with Crippen LogP contribution in [0, 0.1) is 29.6 Å². The molecule has 2 fully saturated rings. The predicted molar refractivity (Wildman–Crippen MR) is 146 cm³/mol. The standard InChI is InChI=1S/C31H43NO6/c1-7-8-14-23-28(35)20(2)12-11-15-31(6)26(38-31)18-24(21(3)17-22-13-9-10-16-32-22)37-27(34)19-25(33)30(4,5)29(23)36/h1,9-10,13,16-17,20,23-26,28,33,35H,8,11-12,14-15,18-19H2,2-6H3/b21-17+/t20-,23+,24-,25+,26+,28-,31-/m0/s1. The molecule has 3 heterocycles. The monoisotopic (exact) mass is 525 g/mol. The molecule has 7 nitrogen and oxygen atoms in total. The maximum Gasteiger partial charge on any atom is 0.309 e.